The summed E-state index contributed by atoms with van der Waals surface area (Å²) in [6.45, 7) is 14.9. The Kier molecular flexibility index (Phi) is 14.0. The maximum Gasteiger partial charge on any atom is 0.407 e. The van der Waals surface area contributed by atoms with Gasteiger partial charge in [-0.2, -0.15) is 0 Å². The fourth-order valence-electron chi connectivity index (χ4n) is 5.02. The van der Waals surface area contributed by atoms with Crippen molar-refractivity contribution in [2.24, 2.45) is 0 Å². The first-order chi connectivity index (χ1) is 23.0. The number of alkyl carbamates (subject to hydrolysis) is 2. The van der Waals surface area contributed by atoms with E-state index in [1.165, 1.54) is 11.3 Å². The number of nitrogens with zero attached hydrogens (tertiary/aromatic N) is 3. The molecule has 49 heavy (non-hydrogen) atoms. The second-order valence-electron chi connectivity index (χ2n) is 13.8. The lowest BCUT2D eigenvalue weighted by Gasteiger charge is -2.32. The molecule has 3 N–H and O–H groups in total. The number of thiazole rings is 2. The predicted molar refractivity (Wildman–Crippen MR) is 204 cm³/mol. The van der Waals surface area contributed by atoms with E-state index in [4.69, 9.17) is 44.3 Å². The molecule has 0 bridgehead atoms. The Morgan fingerprint density at radius 3 is 1.73 bits per heavy atom. The topological polar surface area (TPSA) is 118 Å². The molecule has 2 saturated heterocycles. The van der Waals surface area contributed by atoms with Gasteiger partial charge < -0.3 is 30.3 Å². The fourth-order valence-corrected chi connectivity index (χ4v) is 7.62. The Labute approximate surface area is 311 Å². The monoisotopic (exact) mass is 770 g/mol. The quantitative estimate of drug-likeness (QED) is 0.189. The van der Waals surface area contributed by atoms with Crippen LogP contribution in [0.5, 0.6) is 0 Å². The third-order valence-corrected chi connectivity index (χ3v) is 9.88. The van der Waals surface area contributed by atoms with Crippen LogP contribution >= 0.6 is 57.5 Å². The summed E-state index contributed by atoms with van der Waals surface area (Å²) in [5.74, 6) is 0. The van der Waals surface area contributed by atoms with Crippen molar-refractivity contribution in [2.75, 3.05) is 31.1 Å². The van der Waals surface area contributed by atoms with Crippen LogP contribution in [0.2, 0.25) is 14.5 Å². The molecule has 0 aliphatic carbocycles. The Bertz CT molecular complexity index is 1690. The lowest BCUT2D eigenvalue weighted by Crippen LogP contribution is -2.46. The Balaban J connectivity index is 0.000000183. The highest BCUT2D eigenvalue weighted by Crippen LogP contribution is 2.32. The molecule has 2 fully saturated rings. The van der Waals surface area contributed by atoms with Crippen LogP contribution in [0, 0.1) is 0 Å². The van der Waals surface area contributed by atoms with E-state index >= 15 is 0 Å². The number of amides is 2. The molecule has 6 rings (SSSR count). The van der Waals surface area contributed by atoms with E-state index in [0.29, 0.717) is 4.47 Å². The number of halogens is 3. The van der Waals surface area contributed by atoms with Gasteiger partial charge in [-0.15, -0.1) is 11.3 Å². The van der Waals surface area contributed by atoms with Gasteiger partial charge in [0.15, 0.2) is 9.60 Å². The molecule has 2 aliphatic heterocycles. The summed E-state index contributed by atoms with van der Waals surface area (Å²) in [6, 6.07) is 11.7. The molecule has 4 heterocycles. The summed E-state index contributed by atoms with van der Waals surface area (Å²) >= 11 is 20.6. The molecule has 2 amide bonds. The van der Waals surface area contributed by atoms with Gasteiger partial charge >= 0.3 is 12.2 Å². The van der Waals surface area contributed by atoms with E-state index < -0.39 is 11.2 Å². The molecule has 2 aromatic heterocycles. The highest BCUT2D eigenvalue weighted by molar-refractivity contribution is 7.22. The summed E-state index contributed by atoms with van der Waals surface area (Å²) in [5, 5.41) is 11.5. The van der Waals surface area contributed by atoms with Crippen molar-refractivity contribution in [3.05, 3.63) is 50.9 Å². The molecule has 0 atom stereocenters. The minimum Gasteiger partial charge on any atom is -0.444 e. The number of hydrogen-bond donors (Lipinski definition) is 3. The molecule has 0 spiro atoms. The first kappa shape index (κ1) is 39.2. The van der Waals surface area contributed by atoms with Crippen LogP contribution in [0.15, 0.2) is 36.4 Å². The van der Waals surface area contributed by atoms with Gasteiger partial charge in [0.1, 0.15) is 11.2 Å². The van der Waals surface area contributed by atoms with Gasteiger partial charge in [0.2, 0.25) is 0 Å². The average molecular weight is 772 g/mol. The zero-order valence-electron chi connectivity index (χ0n) is 28.7. The Morgan fingerprint density at radius 1 is 0.755 bits per heavy atom. The van der Waals surface area contributed by atoms with E-state index in [1.54, 1.807) is 17.4 Å². The number of anilines is 1. The summed E-state index contributed by atoms with van der Waals surface area (Å²) in [6.07, 6.45) is 3.10. The maximum absolute atomic E-state index is 11.9. The SMILES string of the molecule is CC(C)(C)OC(=O)NC1CCN(c2nc3ccc(Cl)cc3s2)CC1.CC(C)(C)OC(=O)NC1CCNCC1.Clc1ccc2nc(Cl)sc2c1. The molecular weight excluding hydrogens is 727 g/mol. The lowest BCUT2D eigenvalue weighted by atomic mass is 10.1. The molecule has 0 radical (unpaired) electrons. The number of hydrogen-bond acceptors (Lipinski definition) is 10. The zero-order chi connectivity index (χ0) is 35.8. The highest BCUT2D eigenvalue weighted by Gasteiger charge is 2.25. The molecule has 15 heteroatoms. The first-order valence-electron chi connectivity index (χ1n) is 16.3. The standard InChI is InChI=1S/C17H22ClN3O2S.C10H20N2O2.C7H3Cl2NS/c1-17(2,3)23-16(22)19-12-6-8-21(9-7-12)15-20-13-5-4-11(18)10-14(13)24-15;1-10(2,3)14-9(13)12-8-4-6-11-7-5-8;8-4-1-2-5-6(3-4)11-7(9)10-5/h4-5,10,12H,6-9H2,1-3H3,(H,19,22);8,11H,4-7H2,1-3H3,(H,12,13);1-3H. The minimum absolute atomic E-state index is 0.153. The van der Waals surface area contributed by atoms with Crippen LogP contribution in [0.3, 0.4) is 0 Å². The number of ether oxygens (including phenoxy) is 2. The second-order valence-corrected chi connectivity index (χ2v) is 17.3. The Hall–Kier alpha value is -2.61. The number of carbonyl (C=O) groups excluding carboxylic acids is 2. The largest absolute Gasteiger partial charge is 0.444 e. The van der Waals surface area contributed by atoms with E-state index in [2.05, 4.69) is 30.8 Å². The molecule has 2 aromatic carbocycles. The third-order valence-electron chi connectivity index (χ3n) is 7.21. The van der Waals surface area contributed by atoms with Crippen LogP contribution in [0.1, 0.15) is 67.2 Å². The van der Waals surface area contributed by atoms with Crippen molar-refractivity contribution in [1.29, 1.82) is 0 Å². The van der Waals surface area contributed by atoms with E-state index in [-0.39, 0.29) is 24.3 Å². The van der Waals surface area contributed by atoms with Gasteiger partial charge in [0.25, 0.3) is 0 Å². The van der Waals surface area contributed by atoms with Crippen LogP contribution in [0.4, 0.5) is 14.7 Å². The summed E-state index contributed by atoms with van der Waals surface area (Å²) in [4.78, 5) is 34.3. The molecule has 0 saturated carbocycles. The van der Waals surface area contributed by atoms with Crippen LogP contribution in [-0.4, -0.2) is 71.6 Å². The molecular formula is C34H45Cl3N6O4S2. The van der Waals surface area contributed by atoms with Gasteiger partial charge in [-0.1, -0.05) is 46.1 Å². The third kappa shape index (κ3) is 13.6. The predicted octanol–water partition coefficient (Wildman–Crippen LogP) is 9.31. The van der Waals surface area contributed by atoms with Crippen molar-refractivity contribution in [1.82, 2.24) is 25.9 Å². The van der Waals surface area contributed by atoms with E-state index in [1.807, 2.05) is 71.9 Å². The number of fused-ring (bicyclic) bond motifs is 2. The van der Waals surface area contributed by atoms with Crippen molar-refractivity contribution in [3.8, 4) is 0 Å². The summed E-state index contributed by atoms with van der Waals surface area (Å²) in [7, 11) is 0. The lowest BCUT2D eigenvalue weighted by molar-refractivity contribution is 0.0484. The van der Waals surface area contributed by atoms with Gasteiger partial charge in [0.05, 0.1) is 20.4 Å². The normalized spacial score (nSPS) is 15.9. The number of nitrogens with one attached hydrogen (secondary N) is 3. The molecule has 10 nitrogen and oxygen atoms in total. The van der Waals surface area contributed by atoms with Gasteiger partial charge in [0, 0.05) is 35.2 Å². The first-order valence-corrected chi connectivity index (χ1v) is 19.0. The minimum atomic E-state index is -0.465. The summed E-state index contributed by atoms with van der Waals surface area (Å²) in [5.41, 5.74) is 1.02. The van der Waals surface area contributed by atoms with Crippen LogP contribution in [-0.2, 0) is 9.47 Å². The fraction of sp³-hybridized carbons (Fsp3) is 0.529. The van der Waals surface area contributed by atoms with Gasteiger partial charge in [-0.3, -0.25) is 0 Å². The van der Waals surface area contributed by atoms with Crippen LogP contribution in [0.25, 0.3) is 20.4 Å². The van der Waals surface area contributed by atoms with Gasteiger partial charge in [-0.05, 0) is 117 Å². The molecule has 268 valence electrons. The van der Waals surface area contributed by atoms with Gasteiger partial charge in [-0.25, -0.2) is 19.6 Å². The number of rotatable bonds is 3. The zero-order valence-corrected chi connectivity index (χ0v) is 32.6. The number of piperidine rings is 2. The smallest absolute Gasteiger partial charge is 0.407 e. The van der Waals surface area contributed by atoms with E-state index in [9.17, 15) is 9.59 Å². The second kappa shape index (κ2) is 17.5. The summed E-state index contributed by atoms with van der Waals surface area (Å²) < 4.78 is 13.2. The highest BCUT2D eigenvalue weighted by atomic mass is 35.5. The van der Waals surface area contributed by atoms with Crippen molar-refractivity contribution in [3.63, 3.8) is 0 Å². The number of aromatic nitrogens is 2. The van der Waals surface area contributed by atoms with Crippen molar-refractivity contribution in [2.45, 2.75) is 90.5 Å². The molecule has 0 unspecified atom stereocenters. The molecule has 2 aliphatic rings. The maximum atomic E-state index is 11.9. The van der Waals surface area contributed by atoms with E-state index in [0.717, 1.165) is 87.5 Å². The van der Waals surface area contributed by atoms with Crippen molar-refractivity contribution >= 4 is 95.2 Å². The van der Waals surface area contributed by atoms with Crippen LogP contribution < -0.4 is 20.9 Å². The average Bonchev–Trinajstić information content (AvgIpc) is 3.58. The number of benzene rings is 2. The number of carbonyl (C=O) groups is 2. The molecule has 4 aromatic rings. The Morgan fingerprint density at radius 2 is 1.22 bits per heavy atom. The van der Waals surface area contributed by atoms with Crippen molar-refractivity contribution < 1.29 is 19.1 Å².